The number of nitrogens with zero attached hydrogens (tertiary/aromatic N) is 6. The van der Waals surface area contributed by atoms with Crippen molar-refractivity contribution in [2.24, 2.45) is 5.92 Å². The zero-order valence-corrected chi connectivity index (χ0v) is 18.8. The van der Waals surface area contributed by atoms with Gasteiger partial charge in [0.25, 0.3) is 5.91 Å². The first-order valence-corrected chi connectivity index (χ1v) is 11.0. The molecule has 0 spiro atoms. The normalized spacial score (nSPS) is 18.8. The van der Waals surface area contributed by atoms with E-state index >= 15 is 0 Å². The van der Waals surface area contributed by atoms with Gasteiger partial charge in [0.1, 0.15) is 17.3 Å². The molecule has 1 amide bonds. The Hall–Kier alpha value is -3.37. The molecule has 3 heterocycles. The Bertz CT molecular complexity index is 1150. The molecule has 2 aromatic heterocycles. The molecule has 0 aliphatic carbocycles. The average Bonchev–Trinajstić information content (AvgIpc) is 3.33. The highest BCUT2D eigenvalue weighted by molar-refractivity contribution is 5.98. The van der Waals surface area contributed by atoms with Gasteiger partial charge in [0.05, 0.1) is 23.5 Å². The number of hydrogen-bond acceptors (Lipinski definition) is 5. The molecule has 1 aliphatic heterocycles. The minimum atomic E-state index is -4.49. The van der Waals surface area contributed by atoms with Crippen molar-refractivity contribution in [3.8, 4) is 5.69 Å². The summed E-state index contributed by atoms with van der Waals surface area (Å²) < 4.78 is 52.7. The minimum absolute atomic E-state index is 0.167. The van der Waals surface area contributed by atoms with Crippen molar-refractivity contribution in [3.63, 3.8) is 0 Å². The summed E-state index contributed by atoms with van der Waals surface area (Å²) in [7, 11) is 0. The third-order valence-electron chi connectivity index (χ3n) is 6.29. The van der Waals surface area contributed by atoms with Crippen LogP contribution in [0.1, 0.15) is 53.5 Å². The lowest BCUT2D eigenvalue weighted by atomic mass is 9.87. The van der Waals surface area contributed by atoms with Gasteiger partial charge < -0.3 is 4.90 Å². The van der Waals surface area contributed by atoms with Gasteiger partial charge in [0, 0.05) is 37.0 Å². The third-order valence-corrected chi connectivity index (χ3v) is 6.29. The quantitative estimate of drug-likeness (QED) is 0.511. The lowest BCUT2D eigenvalue weighted by molar-refractivity contribution is -0.138. The smallest absolute Gasteiger partial charge is 0.335 e. The molecule has 1 aliphatic rings. The van der Waals surface area contributed by atoms with E-state index in [4.69, 9.17) is 0 Å². The first-order valence-electron chi connectivity index (χ1n) is 11.0. The van der Waals surface area contributed by atoms with Crippen molar-refractivity contribution in [3.05, 3.63) is 65.3 Å². The molecular weight excluding hydrogens is 452 g/mol. The number of hydrogen-bond donors (Lipinski definition) is 0. The molecule has 1 saturated heterocycles. The number of halogens is 4. The number of carbonyl (C=O) groups is 1. The molecule has 0 radical (unpaired) electrons. The van der Waals surface area contributed by atoms with Gasteiger partial charge in [-0.3, -0.25) is 4.79 Å². The van der Waals surface area contributed by atoms with E-state index in [0.29, 0.717) is 24.9 Å². The van der Waals surface area contributed by atoms with Crippen LogP contribution < -0.4 is 0 Å². The molecule has 0 N–H and O–H groups in total. The van der Waals surface area contributed by atoms with Crippen LogP contribution >= 0.6 is 0 Å². The summed E-state index contributed by atoms with van der Waals surface area (Å²) in [5.74, 6) is -0.274. The van der Waals surface area contributed by atoms with E-state index in [2.05, 4.69) is 20.2 Å². The summed E-state index contributed by atoms with van der Waals surface area (Å²) in [5, 5.41) is 8.16. The highest BCUT2D eigenvalue weighted by Crippen LogP contribution is 2.31. The lowest BCUT2D eigenvalue weighted by Gasteiger charge is -2.40. The van der Waals surface area contributed by atoms with Crippen molar-refractivity contribution >= 4 is 5.91 Å². The molecule has 0 bridgehead atoms. The molecule has 34 heavy (non-hydrogen) atoms. The standard InChI is InChI=1S/C23H24F4N6O/c1-14-4-3-11-32(19(14)7-8-20-28-12-16(13-29-20)23(25,26)27)22(34)17-5-6-18(24)15(2)21(17)33-30-9-10-31-33/h5-6,9-10,12-14,19H,3-4,7-8,11H2,1-2H3/t14-,19-/m1/s1. The van der Waals surface area contributed by atoms with E-state index in [1.54, 1.807) is 11.8 Å². The number of aromatic nitrogens is 5. The summed E-state index contributed by atoms with van der Waals surface area (Å²) in [6, 6.07) is 2.53. The fourth-order valence-corrected chi connectivity index (χ4v) is 4.44. The molecule has 4 rings (SSSR count). The Balaban J connectivity index is 1.58. The van der Waals surface area contributed by atoms with Crippen molar-refractivity contribution in [1.29, 1.82) is 0 Å². The van der Waals surface area contributed by atoms with Gasteiger partial charge in [-0.2, -0.15) is 28.2 Å². The molecule has 11 heteroatoms. The van der Waals surface area contributed by atoms with Gasteiger partial charge in [0.2, 0.25) is 0 Å². The number of piperidine rings is 1. The van der Waals surface area contributed by atoms with Crippen molar-refractivity contribution < 1.29 is 22.4 Å². The maximum absolute atomic E-state index is 14.3. The van der Waals surface area contributed by atoms with Crippen LogP contribution in [0.4, 0.5) is 17.6 Å². The Kier molecular flexibility index (Phi) is 6.63. The second-order valence-corrected chi connectivity index (χ2v) is 8.50. The average molecular weight is 476 g/mol. The highest BCUT2D eigenvalue weighted by atomic mass is 19.4. The molecule has 1 fully saturated rings. The van der Waals surface area contributed by atoms with Crippen LogP contribution in [0.25, 0.3) is 5.69 Å². The van der Waals surface area contributed by atoms with E-state index in [9.17, 15) is 22.4 Å². The van der Waals surface area contributed by atoms with Gasteiger partial charge >= 0.3 is 6.18 Å². The van der Waals surface area contributed by atoms with E-state index < -0.39 is 17.6 Å². The first-order chi connectivity index (χ1) is 16.2. The Morgan fingerprint density at radius 1 is 1.15 bits per heavy atom. The maximum atomic E-state index is 14.3. The van der Waals surface area contributed by atoms with Crippen LogP contribution in [0.5, 0.6) is 0 Å². The molecular formula is C23H24F4N6O. The van der Waals surface area contributed by atoms with Crippen LogP contribution in [0.15, 0.2) is 36.9 Å². The van der Waals surface area contributed by atoms with Gasteiger partial charge in [-0.25, -0.2) is 14.4 Å². The van der Waals surface area contributed by atoms with Crippen molar-refractivity contribution in [2.75, 3.05) is 6.54 Å². The number of likely N-dealkylation sites (tertiary alicyclic amines) is 1. The second kappa shape index (κ2) is 9.47. The molecule has 1 aromatic carbocycles. The molecule has 0 saturated carbocycles. The summed E-state index contributed by atoms with van der Waals surface area (Å²) in [4.78, 5) is 24.4. The molecule has 180 valence electrons. The third kappa shape index (κ3) is 4.78. The first kappa shape index (κ1) is 23.8. The zero-order valence-electron chi connectivity index (χ0n) is 18.8. The summed E-state index contributed by atoms with van der Waals surface area (Å²) >= 11 is 0. The number of amides is 1. The molecule has 7 nitrogen and oxygen atoms in total. The zero-order chi connectivity index (χ0) is 24.5. The van der Waals surface area contributed by atoms with Gasteiger partial charge in [-0.05, 0) is 44.2 Å². The second-order valence-electron chi connectivity index (χ2n) is 8.50. The van der Waals surface area contributed by atoms with E-state index in [1.165, 1.54) is 29.3 Å². The molecule has 3 aromatic rings. The molecule has 2 atom stereocenters. The van der Waals surface area contributed by atoms with Gasteiger partial charge in [-0.1, -0.05) is 6.92 Å². The monoisotopic (exact) mass is 476 g/mol. The van der Waals surface area contributed by atoms with Gasteiger partial charge in [0.15, 0.2) is 0 Å². The van der Waals surface area contributed by atoms with Crippen LogP contribution in [-0.4, -0.2) is 48.4 Å². The van der Waals surface area contributed by atoms with Crippen LogP contribution in [-0.2, 0) is 12.6 Å². The number of alkyl halides is 3. The number of aryl methyl sites for hydroxylation is 1. The highest BCUT2D eigenvalue weighted by Gasteiger charge is 2.35. The van der Waals surface area contributed by atoms with Crippen molar-refractivity contribution in [2.45, 2.75) is 51.7 Å². The Morgan fingerprint density at radius 2 is 1.82 bits per heavy atom. The lowest BCUT2D eigenvalue weighted by Crippen LogP contribution is -2.48. The van der Waals surface area contributed by atoms with E-state index in [1.807, 2.05) is 6.92 Å². The predicted molar refractivity (Wildman–Crippen MR) is 115 cm³/mol. The fourth-order valence-electron chi connectivity index (χ4n) is 4.44. The van der Waals surface area contributed by atoms with E-state index in [0.717, 1.165) is 25.2 Å². The van der Waals surface area contributed by atoms with Gasteiger partial charge in [-0.15, -0.1) is 0 Å². The Labute approximate surface area is 193 Å². The number of rotatable bonds is 5. The number of carbonyl (C=O) groups excluding carboxylic acids is 1. The summed E-state index contributed by atoms with van der Waals surface area (Å²) in [6.45, 7) is 4.14. The largest absolute Gasteiger partial charge is 0.419 e. The maximum Gasteiger partial charge on any atom is 0.419 e. The topological polar surface area (TPSA) is 76.8 Å². The van der Waals surface area contributed by atoms with E-state index in [-0.39, 0.29) is 34.9 Å². The van der Waals surface area contributed by atoms with Crippen molar-refractivity contribution in [1.82, 2.24) is 29.9 Å². The van der Waals surface area contributed by atoms with Crippen LogP contribution in [0.3, 0.4) is 0 Å². The summed E-state index contributed by atoms with van der Waals surface area (Å²) in [6.07, 6.45) is 2.52. The van der Waals surface area contributed by atoms with Crippen LogP contribution in [0, 0.1) is 18.7 Å². The number of benzene rings is 1. The Morgan fingerprint density at radius 3 is 2.47 bits per heavy atom. The predicted octanol–water partition coefficient (Wildman–Crippen LogP) is 4.40. The summed E-state index contributed by atoms with van der Waals surface area (Å²) in [5.41, 5.74) is -0.0506. The van der Waals surface area contributed by atoms with Crippen LogP contribution in [0.2, 0.25) is 0 Å². The minimum Gasteiger partial charge on any atom is -0.335 e. The fraction of sp³-hybridized carbons (Fsp3) is 0.435. The molecule has 0 unspecified atom stereocenters. The SMILES string of the molecule is Cc1c(F)ccc(C(=O)N2CCC[C@@H](C)[C@H]2CCc2ncc(C(F)(F)F)cn2)c1-n1nccn1.